The molecule has 0 aromatic heterocycles. The highest BCUT2D eigenvalue weighted by molar-refractivity contribution is 9.10. The van der Waals surface area contributed by atoms with Gasteiger partial charge in [-0.3, -0.25) is 0 Å². The molecule has 106 valence electrons. The van der Waals surface area contributed by atoms with Crippen molar-refractivity contribution in [3.63, 3.8) is 0 Å². The van der Waals surface area contributed by atoms with E-state index in [0.717, 1.165) is 27.9 Å². The van der Waals surface area contributed by atoms with E-state index in [0.29, 0.717) is 12.3 Å². The molecular formula is C16H17BrFNO. The number of benzene rings is 2. The highest BCUT2D eigenvalue weighted by Gasteiger charge is 2.06. The number of halogens is 2. The zero-order valence-electron chi connectivity index (χ0n) is 11.5. The zero-order valence-corrected chi connectivity index (χ0v) is 13.1. The Morgan fingerprint density at radius 2 is 2.00 bits per heavy atom. The first-order valence-electron chi connectivity index (χ1n) is 6.52. The zero-order chi connectivity index (χ0) is 14.5. The summed E-state index contributed by atoms with van der Waals surface area (Å²) in [5.74, 6) is 0.946. The summed E-state index contributed by atoms with van der Waals surface area (Å²) in [5.41, 5.74) is 1.88. The maximum Gasteiger partial charge on any atom is 0.131 e. The summed E-state index contributed by atoms with van der Waals surface area (Å²) in [6.07, 6.45) is 0. The lowest BCUT2D eigenvalue weighted by Gasteiger charge is -2.11. The van der Waals surface area contributed by atoms with Crippen LogP contribution in [0.1, 0.15) is 18.1 Å². The Labute approximate surface area is 127 Å². The monoisotopic (exact) mass is 337 g/mol. The number of nitrogens with one attached hydrogen (secondary N) is 1. The summed E-state index contributed by atoms with van der Waals surface area (Å²) < 4.78 is 20.3. The lowest BCUT2D eigenvalue weighted by Crippen LogP contribution is -2.11. The van der Waals surface area contributed by atoms with Crippen LogP contribution in [0.15, 0.2) is 40.9 Å². The molecule has 0 aliphatic carbocycles. The molecule has 0 fully saturated rings. The SMILES string of the molecule is CCNCc1cc(F)cc(Oc2cc(Br)ccc2C)c1. The molecule has 0 aliphatic heterocycles. The highest BCUT2D eigenvalue weighted by atomic mass is 79.9. The van der Waals surface area contributed by atoms with Gasteiger partial charge in [0, 0.05) is 17.1 Å². The van der Waals surface area contributed by atoms with E-state index >= 15 is 0 Å². The van der Waals surface area contributed by atoms with Gasteiger partial charge in [-0.25, -0.2) is 4.39 Å². The van der Waals surface area contributed by atoms with E-state index in [-0.39, 0.29) is 5.82 Å². The molecule has 0 aliphatic rings. The molecule has 0 heterocycles. The molecule has 0 radical (unpaired) electrons. The molecule has 2 aromatic rings. The minimum Gasteiger partial charge on any atom is -0.457 e. The molecule has 0 saturated carbocycles. The Morgan fingerprint density at radius 1 is 1.20 bits per heavy atom. The van der Waals surface area contributed by atoms with E-state index in [9.17, 15) is 4.39 Å². The Hall–Kier alpha value is -1.39. The van der Waals surface area contributed by atoms with Crippen LogP contribution in [0, 0.1) is 12.7 Å². The first kappa shape index (κ1) is 15.0. The number of hydrogen-bond donors (Lipinski definition) is 1. The van der Waals surface area contributed by atoms with Gasteiger partial charge in [-0.1, -0.05) is 28.9 Å². The van der Waals surface area contributed by atoms with Gasteiger partial charge in [-0.05, 0) is 48.9 Å². The van der Waals surface area contributed by atoms with E-state index in [4.69, 9.17) is 4.74 Å². The maximum absolute atomic E-state index is 13.6. The van der Waals surface area contributed by atoms with Crippen molar-refractivity contribution in [2.45, 2.75) is 20.4 Å². The average Bonchev–Trinajstić information content (AvgIpc) is 2.40. The topological polar surface area (TPSA) is 21.3 Å². The van der Waals surface area contributed by atoms with Crippen molar-refractivity contribution in [1.82, 2.24) is 5.32 Å². The van der Waals surface area contributed by atoms with Crippen molar-refractivity contribution in [3.05, 3.63) is 57.8 Å². The number of rotatable bonds is 5. The third kappa shape index (κ3) is 4.05. The van der Waals surface area contributed by atoms with Crippen LogP contribution >= 0.6 is 15.9 Å². The second kappa shape index (κ2) is 6.86. The van der Waals surface area contributed by atoms with Crippen molar-refractivity contribution in [3.8, 4) is 11.5 Å². The molecule has 2 rings (SSSR count). The fourth-order valence-electron chi connectivity index (χ4n) is 1.86. The minimum absolute atomic E-state index is 0.289. The predicted molar refractivity (Wildman–Crippen MR) is 82.7 cm³/mol. The number of ether oxygens (including phenoxy) is 1. The lowest BCUT2D eigenvalue weighted by atomic mass is 10.2. The van der Waals surface area contributed by atoms with Crippen LogP contribution in [0.3, 0.4) is 0 Å². The van der Waals surface area contributed by atoms with E-state index in [2.05, 4.69) is 21.2 Å². The maximum atomic E-state index is 13.6. The van der Waals surface area contributed by atoms with E-state index in [1.54, 1.807) is 0 Å². The van der Waals surface area contributed by atoms with Crippen LogP contribution in [0.25, 0.3) is 0 Å². The van der Waals surface area contributed by atoms with Crippen molar-refractivity contribution < 1.29 is 9.13 Å². The largest absolute Gasteiger partial charge is 0.457 e. The molecular weight excluding hydrogens is 321 g/mol. The van der Waals surface area contributed by atoms with Crippen molar-refractivity contribution in [2.75, 3.05) is 6.54 Å². The third-order valence-corrected chi connectivity index (χ3v) is 3.38. The fourth-order valence-corrected chi connectivity index (χ4v) is 2.20. The standard InChI is InChI=1S/C16H17BrFNO/c1-3-19-10-12-6-14(18)9-15(7-12)20-16-8-13(17)5-4-11(16)2/h4-9,19H,3,10H2,1-2H3. The Balaban J connectivity index is 2.24. The van der Waals surface area contributed by atoms with Gasteiger partial charge in [0.25, 0.3) is 0 Å². The third-order valence-electron chi connectivity index (χ3n) is 2.89. The summed E-state index contributed by atoms with van der Waals surface area (Å²) in [7, 11) is 0. The van der Waals surface area contributed by atoms with Gasteiger partial charge >= 0.3 is 0 Å². The molecule has 2 nitrogen and oxygen atoms in total. The average molecular weight is 338 g/mol. The number of aryl methyl sites for hydroxylation is 1. The van der Waals surface area contributed by atoms with Gasteiger partial charge in [-0.15, -0.1) is 0 Å². The molecule has 0 amide bonds. The van der Waals surface area contributed by atoms with Gasteiger partial charge in [0.15, 0.2) is 0 Å². The van der Waals surface area contributed by atoms with Crippen LogP contribution < -0.4 is 10.1 Å². The summed E-state index contributed by atoms with van der Waals surface area (Å²) >= 11 is 3.41. The van der Waals surface area contributed by atoms with E-state index in [1.165, 1.54) is 12.1 Å². The van der Waals surface area contributed by atoms with Gasteiger partial charge in [-0.2, -0.15) is 0 Å². The molecule has 20 heavy (non-hydrogen) atoms. The first-order chi connectivity index (χ1) is 9.58. The normalized spacial score (nSPS) is 10.6. The van der Waals surface area contributed by atoms with Crippen molar-refractivity contribution >= 4 is 15.9 Å². The Bertz CT molecular complexity index is 601. The Morgan fingerprint density at radius 3 is 2.75 bits per heavy atom. The van der Waals surface area contributed by atoms with E-state index in [1.807, 2.05) is 38.1 Å². The summed E-state index contributed by atoms with van der Waals surface area (Å²) in [5, 5.41) is 3.17. The summed E-state index contributed by atoms with van der Waals surface area (Å²) in [6.45, 7) is 5.45. The van der Waals surface area contributed by atoms with Crippen LogP contribution in [-0.4, -0.2) is 6.54 Å². The summed E-state index contributed by atoms with van der Waals surface area (Å²) in [6, 6.07) is 10.6. The Kier molecular flexibility index (Phi) is 5.15. The van der Waals surface area contributed by atoms with Crippen LogP contribution in [-0.2, 0) is 6.54 Å². The minimum atomic E-state index is -0.289. The molecule has 1 N–H and O–H groups in total. The van der Waals surface area contributed by atoms with Gasteiger partial charge in [0.1, 0.15) is 17.3 Å². The van der Waals surface area contributed by atoms with Gasteiger partial charge in [0.05, 0.1) is 0 Å². The lowest BCUT2D eigenvalue weighted by molar-refractivity contribution is 0.471. The second-order valence-electron chi connectivity index (χ2n) is 4.59. The second-order valence-corrected chi connectivity index (χ2v) is 5.50. The van der Waals surface area contributed by atoms with Gasteiger partial charge in [0.2, 0.25) is 0 Å². The van der Waals surface area contributed by atoms with Gasteiger partial charge < -0.3 is 10.1 Å². The van der Waals surface area contributed by atoms with Crippen LogP contribution in [0.2, 0.25) is 0 Å². The fraction of sp³-hybridized carbons (Fsp3) is 0.250. The highest BCUT2D eigenvalue weighted by Crippen LogP contribution is 2.29. The molecule has 0 atom stereocenters. The summed E-state index contributed by atoms with van der Waals surface area (Å²) in [4.78, 5) is 0. The van der Waals surface area contributed by atoms with Crippen molar-refractivity contribution in [1.29, 1.82) is 0 Å². The smallest absolute Gasteiger partial charge is 0.131 e. The molecule has 0 unspecified atom stereocenters. The molecule has 0 bridgehead atoms. The quantitative estimate of drug-likeness (QED) is 0.846. The molecule has 2 aromatic carbocycles. The first-order valence-corrected chi connectivity index (χ1v) is 7.32. The van der Waals surface area contributed by atoms with Crippen molar-refractivity contribution in [2.24, 2.45) is 0 Å². The van der Waals surface area contributed by atoms with Crippen LogP contribution in [0.4, 0.5) is 4.39 Å². The van der Waals surface area contributed by atoms with E-state index < -0.39 is 0 Å². The predicted octanol–water partition coefficient (Wildman–Crippen LogP) is 4.80. The molecule has 0 saturated heterocycles. The van der Waals surface area contributed by atoms with Crippen LogP contribution in [0.5, 0.6) is 11.5 Å². The molecule has 0 spiro atoms. The number of hydrogen-bond acceptors (Lipinski definition) is 2. The molecule has 4 heteroatoms.